The van der Waals surface area contributed by atoms with Crippen LogP contribution in [-0.2, 0) is 6.54 Å². The second-order valence-electron chi connectivity index (χ2n) is 4.15. The molecule has 4 heteroatoms. The molecule has 96 valence electrons. The van der Waals surface area contributed by atoms with E-state index < -0.39 is 0 Å². The first-order chi connectivity index (χ1) is 8.17. The van der Waals surface area contributed by atoms with Gasteiger partial charge in [0.05, 0.1) is 7.11 Å². The van der Waals surface area contributed by atoms with Gasteiger partial charge in [-0.1, -0.05) is 0 Å². The predicted molar refractivity (Wildman–Crippen MR) is 67.8 cm³/mol. The normalized spacial score (nSPS) is 10.9. The third kappa shape index (κ3) is 4.71. The minimum atomic E-state index is -0.218. The van der Waals surface area contributed by atoms with Gasteiger partial charge in [0.1, 0.15) is 11.6 Å². The molecular formula is C13H21FN2O. The maximum Gasteiger partial charge on any atom is 0.123 e. The van der Waals surface area contributed by atoms with Crippen LogP contribution in [0.5, 0.6) is 5.75 Å². The quantitative estimate of drug-likeness (QED) is 0.736. The fourth-order valence-electron chi connectivity index (χ4n) is 1.77. The molecule has 1 aromatic rings. The molecule has 0 fully saturated rings. The molecule has 0 heterocycles. The molecule has 0 spiro atoms. The van der Waals surface area contributed by atoms with Gasteiger partial charge < -0.3 is 15.0 Å². The van der Waals surface area contributed by atoms with Gasteiger partial charge >= 0.3 is 0 Å². The summed E-state index contributed by atoms with van der Waals surface area (Å²) >= 11 is 0. The summed E-state index contributed by atoms with van der Waals surface area (Å²) in [6.45, 7) is 2.66. The Labute approximate surface area is 103 Å². The van der Waals surface area contributed by atoms with Crippen LogP contribution in [0.1, 0.15) is 12.0 Å². The van der Waals surface area contributed by atoms with Crippen LogP contribution in [0, 0.1) is 5.82 Å². The van der Waals surface area contributed by atoms with Gasteiger partial charge in [-0.3, -0.25) is 0 Å². The summed E-state index contributed by atoms with van der Waals surface area (Å²) in [7, 11) is 5.58. The molecule has 1 aromatic carbocycles. The van der Waals surface area contributed by atoms with Crippen molar-refractivity contribution < 1.29 is 9.13 Å². The minimum absolute atomic E-state index is 0.218. The first-order valence-corrected chi connectivity index (χ1v) is 5.83. The molecule has 0 bridgehead atoms. The van der Waals surface area contributed by atoms with Crippen molar-refractivity contribution in [3.05, 3.63) is 29.6 Å². The topological polar surface area (TPSA) is 24.5 Å². The summed E-state index contributed by atoms with van der Waals surface area (Å²) < 4.78 is 18.4. The fourth-order valence-corrected chi connectivity index (χ4v) is 1.77. The van der Waals surface area contributed by atoms with E-state index in [-0.39, 0.29) is 5.82 Å². The number of hydrogen-bond donors (Lipinski definition) is 1. The lowest BCUT2D eigenvalue weighted by Crippen LogP contribution is -2.22. The first kappa shape index (κ1) is 13.9. The third-order valence-corrected chi connectivity index (χ3v) is 2.65. The van der Waals surface area contributed by atoms with Crippen LogP contribution in [0.25, 0.3) is 0 Å². The predicted octanol–water partition coefficient (Wildman–Crippen LogP) is 1.88. The second kappa shape index (κ2) is 7.25. The summed E-state index contributed by atoms with van der Waals surface area (Å²) in [6, 6.07) is 4.63. The lowest BCUT2D eigenvalue weighted by atomic mass is 10.2. The summed E-state index contributed by atoms with van der Waals surface area (Å²) in [6.07, 6.45) is 1.07. The van der Waals surface area contributed by atoms with Gasteiger partial charge in [0, 0.05) is 12.1 Å². The maximum absolute atomic E-state index is 13.2. The third-order valence-electron chi connectivity index (χ3n) is 2.65. The molecule has 0 aliphatic carbocycles. The number of methoxy groups -OCH3 is 1. The van der Waals surface area contributed by atoms with E-state index in [2.05, 4.69) is 10.2 Å². The molecule has 1 N–H and O–H groups in total. The molecule has 0 aliphatic heterocycles. The SMILES string of the molecule is CNCCCN(C)Cc1cc(F)ccc1OC. The first-order valence-electron chi connectivity index (χ1n) is 5.83. The lowest BCUT2D eigenvalue weighted by Gasteiger charge is -2.18. The van der Waals surface area contributed by atoms with E-state index in [1.165, 1.54) is 12.1 Å². The number of rotatable bonds is 7. The molecule has 0 aromatic heterocycles. The Morgan fingerprint density at radius 3 is 2.82 bits per heavy atom. The van der Waals surface area contributed by atoms with Crippen molar-refractivity contribution in [1.82, 2.24) is 10.2 Å². The average molecular weight is 240 g/mol. The average Bonchev–Trinajstić information content (AvgIpc) is 2.29. The van der Waals surface area contributed by atoms with Crippen LogP contribution >= 0.6 is 0 Å². The van der Waals surface area contributed by atoms with Gasteiger partial charge in [0.2, 0.25) is 0 Å². The Bertz CT molecular complexity index is 344. The number of nitrogens with one attached hydrogen (secondary N) is 1. The number of nitrogens with zero attached hydrogens (tertiary/aromatic N) is 1. The molecule has 0 aliphatic rings. The van der Waals surface area contributed by atoms with Gasteiger partial charge in [-0.05, 0) is 51.8 Å². The Hall–Kier alpha value is -1.13. The number of halogens is 1. The standard InChI is InChI=1S/C13H21FN2O/c1-15-7-4-8-16(2)10-11-9-12(14)5-6-13(11)17-3/h5-6,9,15H,4,7-8,10H2,1-3H3. The summed E-state index contributed by atoms with van der Waals surface area (Å²) in [4.78, 5) is 2.16. The zero-order chi connectivity index (χ0) is 12.7. The highest BCUT2D eigenvalue weighted by atomic mass is 19.1. The highest BCUT2D eigenvalue weighted by molar-refractivity contribution is 5.33. The van der Waals surface area contributed by atoms with Crippen LogP contribution in [0.4, 0.5) is 4.39 Å². The largest absolute Gasteiger partial charge is 0.496 e. The van der Waals surface area contributed by atoms with E-state index in [4.69, 9.17) is 4.74 Å². The highest BCUT2D eigenvalue weighted by Gasteiger charge is 2.07. The molecular weight excluding hydrogens is 219 g/mol. The Morgan fingerprint density at radius 2 is 2.18 bits per heavy atom. The van der Waals surface area contributed by atoms with Crippen molar-refractivity contribution in [2.45, 2.75) is 13.0 Å². The van der Waals surface area contributed by atoms with Crippen molar-refractivity contribution in [3.8, 4) is 5.75 Å². The van der Waals surface area contributed by atoms with Crippen LogP contribution < -0.4 is 10.1 Å². The zero-order valence-electron chi connectivity index (χ0n) is 10.8. The molecule has 3 nitrogen and oxygen atoms in total. The van der Waals surface area contributed by atoms with E-state index >= 15 is 0 Å². The highest BCUT2D eigenvalue weighted by Crippen LogP contribution is 2.20. The number of benzene rings is 1. The molecule has 0 saturated heterocycles. The van der Waals surface area contributed by atoms with E-state index in [9.17, 15) is 4.39 Å². The fraction of sp³-hybridized carbons (Fsp3) is 0.538. The van der Waals surface area contributed by atoms with Crippen molar-refractivity contribution in [2.75, 3.05) is 34.3 Å². The molecule has 17 heavy (non-hydrogen) atoms. The lowest BCUT2D eigenvalue weighted by molar-refractivity contribution is 0.311. The molecule has 1 rings (SSSR count). The van der Waals surface area contributed by atoms with E-state index in [0.717, 1.165) is 30.8 Å². The van der Waals surface area contributed by atoms with Crippen molar-refractivity contribution in [3.63, 3.8) is 0 Å². The monoisotopic (exact) mass is 240 g/mol. The van der Waals surface area contributed by atoms with Crippen LogP contribution in [0.15, 0.2) is 18.2 Å². The number of ether oxygens (including phenoxy) is 1. The Kier molecular flexibility index (Phi) is 5.94. The van der Waals surface area contributed by atoms with Crippen molar-refractivity contribution in [2.24, 2.45) is 0 Å². The van der Waals surface area contributed by atoms with Gasteiger partial charge in [0.15, 0.2) is 0 Å². The van der Waals surface area contributed by atoms with Gasteiger partial charge in [-0.25, -0.2) is 4.39 Å². The number of hydrogen-bond acceptors (Lipinski definition) is 3. The molecule has 0 saturated carbocycles. The Morgan fingerprint density at radius 1 is 1.41 bits per heavy atom. The molecule has 0 unspecified atom stereocenters. The van der Waals surface area contributed by atoms with Crippen molar-refractivity contribution in [1.29, 1.82) is 0 Å². The molecule has 0 radical (unpaired) electrons. The summed E-state index contributed by atoms with van der Waals surface area (Å²) in [5.41, 5.74) is 0.888. The van der Waals surface area contributed by atoms with E-state index in [1.54, 1.807) is 13.2 Å². The van der Waals surface area contributed by atoms with E-state index in [0.29, 0.717) is 6.54 Å². The minimum Gasteiger partial charge on any atom is -0.496 e. The van der Waals surface area contributed by atoms with Gasteiger partial charge in [-0.2, -0.15) is 0 Å². The molecule has 0 atom stereocenters. The zero-order valence-corrected chi connectivity index (χ0v) is 10.8. The smallest absolute Gasteiger partial charge is 0.123 e. The molecule has 0 amide bonds. The van der Waals surface area contributed by atoms with Crippen LogP contribution in [0.3, 0.4) is 0 Å². The van der Waals surface area contributed by atoms with Crippen LogP contribution in [-0.4, -0.2) is 39.2 Å². The summed E-state index contributed by atoms with van der Waals surface area (Å²) in [5, 5.41) is 3.11. The Balaban J connectivity index is 2.57. The van der Waals surface area contributed by atoms with Gasteiger partial charge in [0.25, 0.3) is 0 Å². The second-order valence-corrected chi connectivity index (χ2v) is 4.15. The summed E-state index contributed by atoms with van der Waals surface area (Å²) in [5.74, 6) is 0.524. The van der Waals surface area contributed by atoms with Crippen molar-refractivity contribution >= 4 is 0 Å². The maximum atomic E-state index is 13.2. The van der Waals surface area contributed by atoms with Gasteiger partial charge in [-0.15, -0.1) is 0 Å². The van der Waals surface area contributed by atoms with E-state index in [1.807, 2.05) is 14.1 Å². The van der Waals surface area contributed by atoms with Crippen LogP contribution in [0.2, 0.25) is 0 Å².